The lowest BCUT2D eigenvalue weighted by Crippen LogP contribution is -2.50. The Morgan fingerprint density at radius 2 is 2.16 bits per heavy atom. The van der Waals surface area contributed by atoms with Crippen LogP contribution in [0.15, 0.2) is 22.7 Å². The largest absolute Gasteiger partial charge is 0.480 e. The second kappa shape index (κ2) is 5.59. The molecule has 0 amide bonds. The number of aliphatic carboxylic acids is 1. The molecule has 0 aromatic heterocycles. The van der Waals surface area contributed by atoms with Crippen LogP contribution < -0.4 is 5.32 Å². The number of nitriles is 1. The highest BCUT2D eigenvalue weighted by Crippen LogP contribution is 2.29. The standard InChI is InChI=1S/C13H13BrN2O3/c14-10-2-1-9(8-15)11(7-10)16-13(12(17)18)3-5-19-6-4-13/h1-2,7,16H,3-6H2,(H,17,18). The van der Waals surface area contributed by atoms with Crippen LogP contribution in [0.25, 0.3) is 0 Å². The van der Waals surface area contributed by atoms with Gasteiger partial charge in [0.15, 0.2) is 0 Å². The number of anilines is 1. The van der Waals surface area contributed by atoms with Crippen LogP contribution in [0, 0.1) is 11.3 Å². The molecule has 0 atom stereocenters. The van der Waals surface area contributed by atoms with E-state index >= 15 is 0 Å². The van der Waals surface area contributed by atoms with Gasteiger partial charge in [0.25, 0.3) is 0 Å². The fourth-order valence-corrected chi connectivity index (χ4v) is 2.45. The van der Waals surface area contributed by atoms with Crippen LogP contribution >= 0.6 is 15.9 Å². The molecule has 5 nitrogen and oxygen atoms in total. The number of hydrogen-bond acceptors (Lipinski definition) is 4. The fourth-order valence-electron chi connectivity index (χ4n) is 2.09. The number of halogens is 1. The number of hydrogen-bond donors (Lipinski definition) is 2. The summed E-state index contributed by atoms with van der Waals surface area (Å²) in [5, 5.41) is 21.6. The summed E-state index contributed by atoms with van der Waals surface area (Å²) in [6.45, 7) is 0.796. The Balaban J connectivity index is 2.34. The van der Waals surface area contributed by atoms with E-state index < -0.39 is 11.5 Å². The van der Waals surface area contributed by atoms with Crippen LogP contribution in [0.1, 0.15) is 18.4 Å². The Labute approximate surface area is 119 Å². The maximum absolute atomic E-state index is 11.6. The van der Waals surface area contributed by atoms with E-state index in [4.69, 9.17) is 10.00 Å². The lowest BCUT2D eigenvalue weighted by Gasteiger charge is -2.35. The summed E-state index contributed by atoms with van der Waals surface area (Å²) in [5.41, 5.74) is -0.110. The second-order valence-corrected chi connectivity index (χ2v) is 5.34. The summed E-state index contributed by atoms with van der Waals surface area (Å²) in [6, 6.07) is 7.19. The molecule has 2 rings (SSSR count). The number of carboxylic acids is 1. The van der Waals surface area contributed by atoms with Gasteiger partial charge in [0.1, 0.15) is 11.6 Å². The van der Waals surface area contributed by atoms with Gasteiger partial charge in [0, 0.05) is 30.5 Å². The highest BCUT2D eigenvalue weighted by molar-refractivity contribution is 9.10. The minimum absolute atomic E-state index is 0.375. The number of nitrogens with one attached hydrogen (secondary N) is 1. The zero-order valence-electron chi connectivity index (χ0n) is 10.1. The number of nitrogens with zero attached hydrogens (tertiary/aromatic N) is 1. The van der Waals surface area contributed by atoms with E-state index in [2.05, 4.69) is 27.3 Å². The Hall–Kier alpha value is -1.58. The summed E-state index contributed by atoms with van der Waals surface area (Å²) in [5.74, 6) is -0.917. The molecule has 19 heavy (non-hydrogen) atoms. The summed E-state index contributed by atoms with van der Waals surface area (Å²) < 4.78 is 6.01. The van der Waals surface area contributed by atoms with Crippen molar-refractivity contribution >= 4 is 27.6 Å². The average molecular weight is 325 g/mol. The third kappa shape index (κ3) is 2.88. The predicted molar refractivity (Wildman–Crippen MR) is 72.9 cm³/mol. The number of ether oxygens (including phenoxy) is 1. The van der Waals surface area contributed by atoms with Gasteiger partial charge in [0.2, 0.25) is 0 Å². The molecule has 1 saturated heterocycles. The molecular formula is C13H13BrN2O3. The third-order valence-electron chi connectivity index (χ3n) is 3.23. The topological polar surface area (TPSA) is 82.4 Å². The summed E-state index contributed by atoms with van der Waals surface area (Å²) in [6.07, 6.45) is 0.749. The minimum atomic E-state index is -1.06. The number of rotatable bonds is 3. The van der Waals surface area contributed by atoms with Gasteiger partial charge in [0.05, 0.1) is 11.3 Å². The van der Waals surface area contributed by atoms with Crippen LogP contribution in [0.4, 0.5) is 5.69 Å². The van der Waals surface area contributed by atoms with Crippen molar-refractivity contribution in [2.24, 2.45) is 0 Å². The number of carbonyl (C=O) groups is 1. The monoisotopic (exact) mass is 324 g/mol. The maximum Gasteiger partial charge on any atom is 0.329 e. The Kier molecular flexibility index (Phi) is 4.08. The van der Waals surface area contributed by atoms with E-state index in [1.54, 1.807) is 18.2 Å². The predicted octanol–water partition coefficient (Wildman–Crippen LogP) is 2.37. The van der Waals surface area contributed by atoms with Gasteiger partial charge in [-0.3, -0.25) is 0 Å². The van der Waals surface area contributed by atoms with Crippen LogP contribution in [-0.4, -0.2) is 29.8 Å². The van der Waals surface area contributed by atoms with Crippen molar-refractivity contribution < 1.29 is 14.6 Å². The molecule has 2 N–H and O–H groups in total. The van der Waals surface area contributed by atoms with E-state index in [-0.39, 0.29) is 0 Å². The van der Waals surface area contributed by atoms with E-state index in [1.807, 2.05) is 0 Å². The maximum atomic E-state index is 11.6. The van der Waals surface area contributed by atoms with Crippen molar-refractivity contribution in [2.75, 3.05) is 18.5 Å². The fraction of sp³-hybridized carbons (Fsp3) is 0.385. The van der Waals surface area contributed by atoms with Crippen LogP contribution in [0.5, 0.6) is 0 Å². The molecule has 1 aliphatic rings. The van der Waals surface area contributed by atoms with Crippen LogP contribution in [0.2, 0.25) is 0 Å². The molecule has 0 aliphatic carbocycles. The molecule has 1 aromatic carbocycles. The molecule has 1 aliphatic heterocycles. The molecule has 6 heteroatoms. The van der Waals surface area contributed by atoms with Gasteiger partial charge in [-0.15, -0.1) is 0 Å². The minimum Gasteiger partial charge on any atom is -0.480 e. The van der Waals surface area contributed by atoms with Gasteiger partial charge in [-0.2, -0.15) is 5.26 Å². The second-order valence-electron chi connectivity index (χ2n) is 4.43. The molecule has 100 valence electrons. The third-order valence-corrected chi connectivity index (χ3v) is 3.73. The van der Waals surface area contributed by atoms with E-state index in [0.717, 1.165) is 4.47 Å². The highest BCUT2D eigenvalue weighted by atomic mass is 79.9. The summed E-state index contributed by atoms with van der Waals surface area (Å²) >= 11 is 3.32. The molecular weight excluding hydrogens is 312 g/mol. The summed E-state index contributed by atoms with van der Waals surface area (Å²) in [7, 11) is 0. The lowest BCUT2D eigenvalue weighted by molar-refractivity contribution is -0.145. The number of benzene rings is 1. The quantitative estimate of drug-likeness (QED) is 0.891. The van der Waals surface area contributed by atoms with Gasteiger partial charge in [-0.05, 0) is 18.2 Å². The van der Waals surface area contributed by atoms with Crippen LogP contribution in [0.3, 0.4) is 0 Å². The Bertz CT molecular complexity index is 533. The first-order chi connectivity index (χ1) is 9.07. The SMILES string of the molecule is N#Cc1ccc(Br)cc1NC1(C(=O)O)CCOCC1. The van der Waals surface area contributed by atoms with E-state index in [9.17, 15) is 9.90 Å². The van der Waals surface area contributed by atoms with Crippen molar-refractivity contribution in [3.8, 4) is 6.07 Å². The van der Waals surface area contributed by atoms with Gasteiger partial charge >= 0.3 is 5.97 Å². The molecule has 0 radical (unpaired) electrons. The zero-order chi connectivity index (χ0) is 13.9. The average Bonchev–Trinajstić information content (AvgIpc) is 2.40. The van der Waals surface area contributed by atoms with Crippen molar-refractivity contribution in [3.05, 3.63) is 28.2 Å². The molecule has 1 fully saturated rings. The lowest BCUT2D eigenvalue weighted by atomic mass is 9.89. The first-order valence-electron chi connectivity index (χ1n) is 5.86. The van der Waals surface area contributed by atoms with Crippen LogP contribution in [-0.2, 0) is 9.53 Å². The molecule has 0 spiro atoms. The van der Waals surface area contributed by atoms with Gasteiger partial charge in [-0.1, -0.05) is 15.9 Å². The Morgan fingerprint density at radius 3 is 2.74 bits per heavy atom. The molecule has 0 saturated carbocycles. The van der Waals surface area contributed by atoms with Crippen molar-refractivity contribution in [3.63, 3.8) is 0 Å². The number of carboxylic acid groups (broad SMARTS) is 1. The summed E-state index contributed by atoms with van der Waals surface area (Å²) in [4.78, 5) is 11.6. The van der Waals surface area contributed by atoms with Crippen molar-refractivity contribution in [1.29, 1.82) is 5.26 Å². The van der Waals surface area contributed by atoms with Crippen molar-refractivity contribution in [2.45, 2.75) is 18.4 Å². The highest BCUT2D eigenvalue weighted by Gasteiger charge is 2.40. The first-order valence-corrected chi connectivity index (χ1v) is 6.66. The zero-order valence-corrected chi connectivity index (χ0v) is 11.7. The van der Waals surface area contributed by atoms with E-state index in [1.165, 1.54) is 0 Å². The molecule has 1 heterocycles. The smallest absolute Gasteiger partial charge is 0.329 e. The first kappa shape index (κ1) is 13.8. The van der Waals surface area contributed by atoms with Crippen molar-refractivity contribution in [1.82, 2.24) is 0 Å². The molecule has 1 aromatic rings. The Morgan fingerprint density at radius 1 is 1.47 bits per heavy atom. The van der Waals surface area contributed by atoms with Gasteiger partial charge in [-0.25, -0.2) is 4.79 Å². The molecule has 0 unspecified atom stereocenters. The molecule has 0 bridgehead atoms. The van der Waals surface area contributed by atoms with Gasteiger partial charge < -0.3 is 15.2 Å². The van der Waals surface area contributed by atoms with E-state index in [0.29, 0.717) is 37.3 Å². The normalized spacial score (nSPS) is 17.5.